The lowest BCUT2D eigenvalue weighted by molar-refractivity contribution is -0.143. The summed E-state index contributed by atoms with van der Waals surface area (Å²) < 4.78 is 0. The van der Waals surface area contributed by atoms with E-state index in [0.29, 0.717) is 31.6 Å². The van der Waals surface area contributed by atoms with E-state index < -0.39 is 12.0 Å². The Hall–Kier alpha value is -2.57. The fourth-order valence-corrected chi connectivity index (χ4v) is 3.10. The van der Waals surface area contributed by atoms with E-state index in [1.54, 1.807) is 29.2 Å². The number of likely N-dealkylation sites (tertiary alicyclic amines) is 1. The molecule has 1 aromatic carbocycles. The average molecular weight is 317 g/mol. The van der Waals surface area contributed by atoms with Crippen LogP contribution in [0.5, 0.6) is 0 Å². The first-order chi connectivity index (χ1) is 11.1. The summed E-state index contributed by atoms with van der Waals surface area (Å²) in [6.45, 7) is 1.67. The van der Waals surface area contributed by atoms with Gasteiger partial charge in [0.2, 0.25) is 0 Å². The topological polar surface area (TPSA) is 89.9 Å². The van der Waals surface area contributed by atoms with Crippen molar-refractivity contribution in [1.82, 2.24) is 10.2 Å². The first-order valence-corrected chi connectivity index (χ1v) is 7.77. The molecule has 0 spiro atoms. The van der Waals surface area contributed by atoms with Crippen molar-refractivity contribution >= 4 is 23.6 Å². The van der Waals surface area contributed by atoms with Crippen LogP contribution in [-0.2, 0) is 4.79 Å². The maximum absolute atomic E-state index is 12.6. The predicted octanol–water partition coefficient (Wildman–Crippen LogP) is 1.30. The number of piperidine rings is 1. The number of nitrogens with one attached hydrogen (secondary N) is 1. The van der Waals surface area contributed by atoms with Gasteiger partial charge in [-0.05, 0) is 43.5 Å². The smallest absolute Gasteiger partial charge is 0.326 e. The van der Waals surface area contributed by atoms with Crippen LogP contribution in [0.4, 0.5) is 10.5 Å². The summed E-state index contributed by atoms with van der Waals surface area (Å²) in [6.07, 6.45) is 2.14. The number of amides is 3. The number of nitrogens with zero attached hydrogens (tertiary/aromatic N) is 2. The summed E-state index contributed by atoms with van der Waals surface area (Å²) in [5.74, 6) is -1.22. The van der Waals surface area contributed by atoms with Crippen LogP contribution in [-0.4, -0.2) is 53.6 Å². The molecule has 0 radical (unpaired) electrons. The van der Waals surface area contributed by atoms with Crippen molar-refractivity contribution in [3.05, 3.63) is 29.8 Å². The summed E-state index contributed by atoms with van der Waals surface area (Å²) >= 11 is 0. The average Bonchev–Trinajstić information content (AvgIpc) is 3.00. The Balaban J connectivity index is 1.77. The van der Waals surface area contributed by atoms with Gasteiger partial charge < -0.3 is 15.3 Å². The molecule has 2 fully saturated rings. The largest absolute Gasteiger partial charge is 0.480 e. The molecule has 7 heteroatoms. The number of carboxylic acids is 1. The Morgan fingerprint density at radius 2 is 1.87 bits per heavy atom. The van der Waals surface area contributed by atoms with Crippen molar-refractivity contribution in [3.63, 3.8) is 0 Å². The number of rotatable bonds is 3. The van der Waals surface area contributed by atoms with E-state index in [2.05, 4.69) is 5.32 Å². The number of hydrogen-bond acceptors (Lipinski definition) is 3. The van der Waals surface area contributed by atoms with Gasteiger partial charge in [0.25, 0.3) is 5.91 Å². The second kappa shape index (κ2) is 6.28. The molecule has 2 aliphatic rings. The highest BCUT2D eigenvalue weighted by molar-refractivity contribution is 5.98. The Kier molecular flexibility index (Phi) is 4.18. The van der Waals surface area contributed by atoms with E-state index in [4.69, 9.17) is 0 Å². The van der Waals surface area contributed by atoms with Crippen molar-refractivity contribution in [3.8, 4) is 0 Å². The molecule has 0 saturated carbocycles. The maximum Gasteiger partial charge on any atom is 0.326 e. The summed E-state index contributed by atoms with van der Waals surface area (Å²) in [4.78, 5) is 38.6. The lowest BCUT2D eigenvalue weighted by Crippen LogP contribution is -2.47. The molecule has 23 heavy (non-hydrogen) atoms. The quantitative estimate of drug-likeness (QED) is 0.879. The second-order valence-electron chi connectivity index (χ2n) is 5.78. The van der Waals surface area contributed by atoms with Crippen molar-refractivity contribution in [2.24, 2.45) is 0 Å². The summed E-state index contributed by atoms with van der Waals surface area (Å²) in [6, 6.07) is 5.84. The third-order valence-electron chi connectivity index (χ3n) is 4.33. The highest BCUT2D eigenvalue weighted by atomic mass is 16.4. The molecule has 3 amide bonds. The normalized spacial score (nSPS) is 21.2. The van der Waals surface area contributed by atoms with Gasteiger partial charge in [-0.25, -0.2) is 9.59 Å². The number of urea groups is 1. The van der Waals surface area contributed by atoms with Gasteiger partial charge in [-0.2, -0.15) is 0 Å². The van der Waals surface area contributed by atoms with Crippen molar-refractivity contribution in [2.45, 2.75) is 25.3 Å². The van der Waals surface area contributed by atoms with Gasteiger partial charge in [0.15, 0.2) is 0 Å². The molecule has 2 saturated heterocycles. The van der Waals surface area contributed by atoms with Crippen LogP contribution < -0.4 is 10.2 Å². The Morgan fingerprint density at radius 1 is 1.13 bits per heavy atom. The van der Waals surface area contributed by atoms with Crippen molar-refractivity contribution < 1.29 is 19.5 Å². The first kappa shape index (κ1) is 15.3. The van der Waals surface area contributed by atoms with Crippen LogP contribution in [0.25, 0.3) is 0 Å². The summed E-state index contributed by atoms with van der Waals surface area (Å²) in [5, 5.41) is 12.0. The standard InChI is InChI=1S/C16H19N3O4/c20-14(19-9-2-1-3-13(19)15(21)22)11-4-6-12(7-5-11)18-10-8-17-16(18)23/h4-7,13H,1-3,8-10H2,(H,17,23)(H,21,22)/t13-/m1/s1. The molecule has 0 aromatic heterocycles. The molecular weight excluding hydrogens is 298 g/mol. The molecule has 122 valence electrons. The molecular formula is C16H19N3O4. The number of carbonyl (C=O) groups excluding carboxylic acids is 2. The van der Waals surface area contributed by atoms with Crippen LogP contribution in [0.3, 0.4) is 0 Å². The summed E-state index contributed by atoms with van der Waals surface area (Å²) in [7, 11) is 0. The zero-order valence-electron chi connectivity index (χ0n) is 12.7. The molecule has 7 nitrogen and oxygen atoms in total. The molecule has 0 aliphatic carbocycles. The van der Waals surface area contributed by atoms with Gasteiger partial charge in [0, 0.05) is 30.9 Å². The minimum Gasteiger partial charge on any atom is -0.480 e. The molecule has 1 aromatic rings. The lowest BCUT2D eigenvalue weighted by atomic mass is 10.0. The van der Waals surface area contributed by atoms with Gasteiger partial charge in [0.05, 0.1) is 0 Å². The van der Waals surface area contributed by atoms with E-state index in [1.807, 2.05) is 0 Å². The molecule has 2 aliphatic heterocycles. The molecule has 1 atom stereocenters. The Morgan fingerprint density at radius 3 is 2.48 bits per heavy atom. The molecule has 2 heterocycles. The highest BCUT2D eigenvalue weighted by Gasteiger charge is 2.32. The van der Waals surface area contributed by atoms with E-state index in [0.717, 1.165) is 18.5 Å². The molecule has 0 bridgehead atoms. The number of anilines is 1. The zero-order chi connectivity index (χ0) is 16.4. The van der Waals surface area contributed by atoms with E-state index in [9.17, 15) is 19.5 Å². The maximum atomic E-state index is 12.6. The van der Waals surface area contributed by atoms with Crippen LogP contribution >= 0.6 is 0 Å². The minimum atomic E-state index is -0.955. The molecule has 2 N–H and O–H groups in total. The van der Waals surface area contributed by atoms with Crippen molar-refractivity contribution in [2.75, 3.05) is 24.5 Å². The van der Waals surface area contributed by atoms with Crippen LogP contribution in [0.1, 0.15) is 29.6 Å². The number of carboxylic acid groups (broad SMARTS) is 1. The van der Waals surface area contributed by atoms with Gasteiger partial charge >= 0.3 is 12.0 Å². The predicted molar refractivity (Wildman–Crippen MR) is 83.5 cm³/mol. The first-order valence-electron chi connectivity index (χ1n) is 7.77. The monoisotopic (exact) mass is 317 g/mol. The lowest BCUT2D eigenvalue weighted by Gasteiger charge is -2.33. The second-order valence-corrected chi connectivity index (χ2v) is 5.78. The number of aliphatic carboxylic acids is 1. The van der Waals surface area contributed by atoms with E-state index >= 15 is 0 Å². The molecule has 3 rings (SSSR count). The fourth-order valence-electron chi connectivity index (χ4n) is 3.10. The number of hydrogen-bond donors (Lipinski definition) is 2. The van der Waals surface area contributed by atoms with Crippen LogP contribution in [0.2, 0.25) is 0 Å². The van der Waals surface area contributed by atoms with E-state index in [1.165, 1.54) is 4.90 Å². The highest BCUT2D eigenvalue weighted by Crippen LogP contribution is 2.22. The Bertz CT molecular complexity index is 629. The Labute approximate surface area is 133 Å². The summed E-state index contributed by atoms with van der Waals surface area (Å²) in [5.41, 5.74) is 1.17. The number of benzene rings is 1. The van der Waals surface area contributed by atoms with Gasteiger partial charge in [0.1, 0.15) is 6.04 Å². The van der Waals surface area contributed by atoms with Crippen LogP contribution in [0.15, 0.2) is 24.3 Å². The zero-order valence-corrected chi connectivity index (χ0v) is 12.7. The van der Waals surface area contributed by atoms with Gasteiger partial charge in [-0.1, -0.05) is 0 Å². The minimum absolute atomic E-state index is 0.147. The SMILES string of the molecule is O=C(O)[C@H]1CCCCN1C(=O)c1ccc(N2CCNC2=O)cc1. The van der Waals surface area contributed by atoms with Crippen LogP contribution in [0, 0.1) is 0 Å². The van der Waals surface area contributed by atoms with Gasteiger partial charge in [-0.3, -0.25) is 9.69 Å². The van der Waals surface area contributed by atoms with Gasteiger partial charge in [-0.15, -0.1) is 0 Å². The third-order valence-corrected chi connectivity index (χ3v) is 4.33. The third kappa shape index (κ3) is 2.99. The molecule has 0 unspecified atom stereocenters. The fraction of sp³-hybridized carbons (Fsp3) is 0.438. The number of carbonyl (C=O) groups is 3. The van der Waals surface area contributed by atoms with E-state index in [-0.39, 0.29) is 11.9 Å². The van der Waals surface area contributed by atoms with Crippen molar-refractivity contribution in [1.29, 1.82) is 0 Å².